The molecule has 0 saturated heterocycles. The fraction of sp³-hybridized carbons (Fsp3) is 0.600. The molecule has 5 heteroatoms. The fourth-order valence-corrected chi connectivity index (χ4v) is 1.04. The minimum atomic E-state index is -0.0951. The first kappa shape index (κ1) is 11.7. The first-order chi connectivity index (χ1) is 7.09. The molecule has 0 saturated carbocycles. The molecule has 0 spiro atoms. The lowest BCUT2D eigenvalue weighted by Gasteiger charge is -2.14. The SMILES string of the molecule is CC(C)C(N)CC(=O)NCc1ccon1. The molecule has 1 atom stereocenters. The van der Waals surface area contributed by atoms with Crippen molar-refractivity contribution in [1.29, 1.82) is 0 Å². The minimum Gasteiger partial charge on any atom is -0.364 e. The molecule has 5 nitrogen and oxygen atoms in total. The zero-order valence-electron chi connectivity index (χ0n) is 9.06. The Bertz CT molecular complexity index is 296. The van der Waals surface area contributed by atoms with Gasteiger partial charge in [0.05, 0.1) is 6.54 Å². The zero-order chi connectivity index (χ0) is 11.3. The van der Waals surface area contributed by atoms with Crippen molar-refractivity contribution in [1.82, 2.24) is 10.5 Å². The van der Waals surface area contributed by atoms with Gasteiger partial charge in [0, 0.05) is 18.5 Å². The maximum absolute atomic E-state index is 11.4. The summed E-state index contributed by atoms with van der Waals surface area (Å²) in [6, 6.07) is 1.62. The second-order valence-corrected chi connectivity index (χ2v) is 3.88. The Balaban J connectivity index is 2.25. The second kappa shape index (κ2) is 5.50. The summed E-state index contributed by atoms with van der Waals surface area (Å²) < 4.78 is 4.64. The van der Waals surface area contributed by atoms with Gasteiger partial charge in [-0.1, -0.05) is 19.0 Å². The van der Waals surface area contributed by atoms with Crippen molar-refractivity contribution in [2.75, 3.05) is 0 Å². The van der Waals surface area contributed by atoms with Gasteiger partial charge in [0.15, 0.2) is 0 Å². The summed E-state index contributed by atoms with van der Waals surface area (Å²) in [5.74, 6) is 0.252. The van der Waals surface area contributed by atoms with Crippen LogP contribution in [0.2, 0.25) is 0 Å². The number of carbonyl (C=O) groups excluding carboxylic acids is 1. The van der Waals surface area contributed by atoms with Crippen LogP contribution in [0, 0.1) is 5.92 Å². The Labute approximate surface area is 89.0 Å². The molecule has 0 bridgehead atoms. The number of hydrogen-bond acceptors (Lipinski definition) is 4. The average molecular weight is 211 g/mol. The lowest BCUT2D eigenvalue weighted by molar-refractivity contribution is -0.121. The van der Waals surface area contributed by atoms with Crippen LogP contribution in [0.3, 0.4) is 0 Å². The smallest absolute Gasteiger partial charge is 0.221 e. The minimum absolute atomic E-state index is 0.0563. The lowest BCUT2D eigenvalue weighted by Crippen LogP contribution is -2.34. The molecule has 1 aromatic rings. The number of amides is 1. The van der Waals surface area contributed by atoms with Crippen LogP contribution in [0.5, 0.6) is 0 Å². The number of aromatic nitrogens is 1. The van der Waals surface area contributed by atoms with Crippen LogP contribution in [-0.4, -0.2) is 17.1 Å². The third-order valence-corrected chi connectivity index (χ3v) is 2.24. The number of hydrogen-bond donors (Lipinski definition) is 2. The van der Waals surface area contributed by atoms with E-state index in [0.717, 1.165) is 0 Å². The van der Waals surface area contributed by atoms with Crippen LogP contribution in [0.1, 0.15) is 26.0 Å². The third-order valence-electron chi connectivity index (χ3n) is 2.24. The summed E-state index contributed by atoms with van der Waals surface area (Å²) in [6.45, 7) is 4.38. The van der Waals surface area contributed by atoms with Gasteiger partial charge in [-0.3, -0.25) is 4.79 Å². The van der Waals surface area contributed by atoms with Gasteiger partial charge in [0.1, 0.15) is 12.0 Å². The van der Waals surface area contributed by atoms with E-state index in [9.17, 15) is 4.79 Å². The highest BCUT2D eigenvalue weighted by Crippen LogP contribution is 2.02. The van der Waals surface area contributed by atoms with Crippen LogP contribution in [0.15, 0.2) is 16.9 Å². The van der Waals surface area contributed by atoms with Crippen LogP contribution in [0.4, 0.5) is 0 Å². The molecule has 1 aromatic heterocycles. The summed E-state index contributed by atoms with van der Waals surface area (Å²) in [4.78, 5) is 11.4. The van der Waals surface area contributed by atoms with Crippen molar-refractivity contribution in [2.45, 2.75) is 32.9 Å². The van der Waals surface area contributed by atoms with E-state index in [0.29, 0.717) is 24.6 Å². The topological polar surface area (TPSA) is 81.2 Å². The van der Waals surface area contributed by atoms with E-state index < -0.39 is 0 Å². The highest BCUT2D eigenvalue weighted by atomic mass is 16.5. The summed E-state index contributed by atoms with van der Waals surface area (Å²) in [7, 11) is 0. The van der Waals surface area contributed by atoms with Crippen LogP contribution >= 0.6 is 0 Å². The Morgan fingerprint density at radius 2 is 2.40 bits per heavy atom. The first-order valence-corrected chi connectivity index (χ1v) is 5.01. The van der Waals surface area contributed by atoms with E-state index in [1.807, 2.05) is 13.8 Å². The van der Waals surface area contributed by atoms with Gasteiger partial charge >= 0.3 is 0 Å². The van der Waals surface area contributed by atoms with E-state index in [4.69, 9.17) is 5.73 Å². The molecule has 0 fully saturated rings. The van der Waals surface area contributed by atoms with E-state index in [1.54, 1.807) is 6.07 Å². The van der Waals surface area contributed by atoms with Crippen LogP contribution in [-0.2, 0) is 11.3 Å². The van der Waals surface area contributed by atoms with Gasteiger partial charge in [-0.05, 0) is 5.92 Å². The first-order valence-electron chi connectivity index (χ1n) is 5.01. The summed E-state index contributed by atoms with van der Waals surface area (Å²) in [6.07, 6.45) is 1.82. The Morgan fingerprint density at radius 3 is 2.93 bits per heavy atom. The molecule has 0 aliphatic carbocycles. The molecule has 1 unspecified atom stereocenters. The third kappa shape index (κ3) is 4.12. The largest absolute Gasteiger partial charge is 0.364 e. The fourth-order valence-electron chi connectivity index (χ4n) is 1.04. The molecule has 15 heavy (non-hydrogen) atoms. The second-order valence-electron chi connectivity index (χ2n) is 3.88. The van der Waals surface area contributed by atoms with E-state index in [2.05, 4.69) is 15.0 Å². The van der Waals surface area contributed by atoms with E-state index >= 15 is 0 Å². The van der Waals surface area contributed by atoms with Crippen molar-refractivity contribution >= 4 is 5.91 Å². The predicted molar refractivity (Wildman–Crippen MR) is 55.8 cm³/mol. The molecule has 1 heterocycles. The normalized spacial score (nSPS) is 12.8. The number of carbonyl (C=O) groups is 1. The predicted octanol–water partition coefficient (Wildman–Crippen LogP) is 0.664. The van der Waals surface area contributed by atoms with Crippen molar-refractivity contribution in [3.63, 3.8) is 0 Å². The molecule has 0 aliphatic heterocycles. The molecule has 1 amide bonds. The molecule has 1 rings (SSSR count). The van der Waals surface area contributed by atoms with E-state index in [1.165, 1.54) is 6.26 Å². The number of nitrogens with zero attached hydrogens (tertiary/aromatic N) is 1. The van der Waals surface area contributed by atoms with Gasteiger partial charge in [-0.15, -0.1) is 0 Å². The molecule has 0 aromatic carbocycles. The number of rotatable bonds is 5. The monoisotopic (exact) mass is 211 g/mol. The van der Waals surface area contributed by atoms with Crippen molar-refractivity contribution in [3.05, 3.63) is 18.0 Å². The Kier molecular flexibility index (Phi) is 4.30. The summed E-state index contributed by atoms with van der Waals surface area (Å²) >= 11 is 0. The van der Waals surface area contributed by atoms with Gasteiger partial charge in [0.2, 0.25) is 5.91 Å². The number of nitrogens with one attached hydrogen (secondary N) is 1. The van der Waals surface area contributed by atoms with E-state index in [-0.39, 0.29) is 11.9 Å². The van der Waals surface area contributed by atoms with Crippen molar-refractivity contribution in [3.8, 4) is 0 Å². The van der Waals surface area contributed by atoms with Crippen LogP contribution < -0.4 is 11.1 Å². The Morgan fingerprint density at radius 1 is 1.67 bits per heavy atom. The summed E-state index contributed by atoms with van der Waals surface area (Å²) in [5.41, 5.74) is 6.48. The van der Waals surface area contributed by atoms with Crippen molar-refractivity contribution < 1.29 is 9.32 Å². The molecular weight excluding hydrogens is 194 g/mol. The quantitative estimate of drug-likeness (QED) is 0.749. The maximum Gasteiger partial charge on any atom is 0.221 e. The highest BCUT2D eigenvalue weighted by molar-refractivity contribution is 5.76. The molecular formula is C10H17N3O2. The standard InChI is InChI=1S/C10H17N3O2/c1-7(2)9(11)5-10(14)12-6-8-3-4-15-13-8/h3-4,7,9H,5-6,11H2,1-2H3,(H,12,14). The maximum atomic E-state index is 11.4. The molecule has 0 radical (unpaired) electrons. The van der Waals surface area contributed by atoms with Crippen molar-refractivity contribution in [2.24, 2.45) is 11.7 Å². The summed E-state index contributed by atoms with van der Waals surface area (Å²) in [5, 5.41) is 6.41. The average Bonchev–Trinajstić information content (AvgIpc) is 2.66. The molecule has 84 valence electrons. The van der Waals surface area contributed by atoms with Gasteiger partial charge in [-0.2, -0.15) is 0 Å². The van der Waals surface area contributed by atoms with Gasteiger partial charge in [0.25, 0.3) is 0 Å². The van der Waals surface area contributed by atoms with Gasteiger partial charge < -0.3 is 15.6 Å². The molecule has 3 N–H and O–H groups in total. The zero-order valence-corrected chi connectivity index (χ0v) is 9.06. The van der Waals surface area contributed by atoms with Gasteiger partial charge in [-0.25, -0.2) is 0 Å². The van der Waals surface area contributed by atoms with Crippen LogP contribution in [0.25, 0.3) is 0 Å². The lowest BCUT2D eigenvalue weighted by atomic mass is 10.0. The highest BCUT2D eigenvalue weighted by Gasteiger charge is 2.12. The number of nitrogens with two attached hydrogens (primary N) is 1. The Hall–Kier alpha value is -1.36. The molecule has 0 aliphatic rings.